The number of alkyl carbamates (subject to hydrolysis) is 1. The van der Waals surface area contributed by atoms with Crippen LogP contribution in [0.15, 0.2) is 30.5 Å². The van der Waals surface area contributed by atoms with Crippen molar-refractivity contribution in [2.24, 2.45) is 0 Å². The fourth-order valence-electron chi connectivity index (χ4n) is 2.21. The molecule has 27 heavy (non-hydrogen) atoms. The Kier molecular flexibility index (Phi) is 6.67. The van der Waals surface area contributed by atoms with Gasteiger partial charge in [-0.2, -0.15) is 18.3 Å². The molecule has 1 aromatic carbocycles. The van der Waals surface area contributed by atoms with Gasteiger partial charge < -0.3 is 15.4 Å². The van der Waals surface area contributed by atoms with Crippen LogP contribution in [0.4, 0.5) is 18.0 Å². The molecule has 0 aliphatic rings. The first-order valence-corrected chi connectivity index (χ1v) is 8.21. The number of alkyl halides is 3. The van der Waals surface area contributed by atoms with E-state index in [1.165, 1.54) is 24.3 Å². The maximum absolute atomic E-state index is 13.5. The summed E-state index contributed by atoms with van der Waals surface area (Å²) in [6.07, 6.45) is -4.68. The largest absolute Gasteiger partial charge is 0.450 e. The Morgan fingerprint density at radius 1 is 1.26 bits per heavy atom. The maximum Gasteiger partial charge on any atom is 0.434 e. The van der Waals surface area contributed by atoms with Gasteiger partial charge in [0.25, 0.3) is 5.91 Å². The van der Waals surface area contributed by atoms with Crippen LogP contribution >= 0.6 is 11.6 Å². The van der Waals surface area contributed by atoms with Crippen molar-refractivity contribution < 1.29 is 27.5 Å². The smallest absolute Gasteiger partial charge is 0.434 e. The van der Waals surface area contributed by atoms with Gasteiger partial charge in [-0.15, -0.1) is 0 Å². The summed E-state index contributed by atoms with van der Waals surface area (Å²) in [5.41, 5.74) is -1.79. The summed E-state index contributed by atoms with van der Waals surface area (Å²) in [7, 11) is 0. The highest BCUT2D eigenvalue weighted by molar-refractivity contribution is 6.30. The molecular formula is C16H16ClF3N4O3. The second-order valence-corrected chi connectivity index (χ2v) is 5.64. The van der Waals surface area contributed by atoms with Crippen LogP contribution in [0.25, 0.3) is 5.69 Å². The van der Waals surface area contributed by atoms with Crippen molar-refractivity contribution in [2.45, 2.75) is 13.1 Å². The number of nitrogens with zero attached hydrogens (tertiary/aromatic N) is 2. The Labute approximate surface area is 157 Å². The van der Waals surface area contributed by atoms with Crippen molar-refractivity contribution in [3.05, 3.63) is 46.7 Å². The first-order chi connectivity index (χ1) is 12.7. The van der Waals surface area contributed by atoms with E-state index in [9.17, 15) is 22.8 Å². The van der Waals surface area contributed by atoms with Gasteiger partial charge in [0.15, 0.2) is 5.69 Å². The fourth-order valence-corrected chi connectivity index (χ4v) is 2.39. The molecule has 0 aliphatic heterocycles. The van der Waals surface area contributed by atoms with E-state index in [0.29, 0.717) is 4.68 Å². The number of carbonyl (C=O) groups is 2. The summed E-state index contributed by atoms with van der Waals surface area (Å²) >= 11 is 5.82. The molecule has 0 unspecified atom stereocenters. The molecule has 0 fully saturated rings. The van der Waals surface area contributed by atoms with Crippen LogP contribution in [0.5, 0.6) is 0 Å². The van der Waals surface area contributed by atoms with E-state index in [0.717, 1.165) is 6.20 Å². The summed E-state index contributed by atoms with van der Waals surface area (Å²) in [6, 6.07) is 5.67. The third-order valence-corrected chi connectivity index (χ3v) is 3.53. The second kappa shape index (κ2) is 8.76. The first kappa shape index (κ1) is 20.6. The molecule has 0 atom stereocenters. The summed E-state index contributed by atoms with van der Waals surface area (Å²) in [5.74, 6) is -0.971. The Bertz CT molecular complexity index is 823. The molecule has 2 amide bonds. The van der Waals surface area contributed by atoms with Crippen LogP contribution in [-0.4, -0.2) is 41.5 Å². The lowest BCUT2D eigenvalue weighted by atomic mass is 10.2. The minimum absolute atomic E-state index is 0.00560. The summed E-state index contributed by atoms with van der Waals surface area (Å²) < 4.78 is 45.8. The number of aromatic nitrogens is 2. The molecule has 0 bridgehead atoms. The summed E-state index contributed by atoms with van der Waals surface area (Å²) in [6.45, 7) is 1.71. The van der Waals surface area contributed by atoms with Crippen molar-refractivity contribution in [2.75, 3.05) is 19.7 Å². The monoisotopic (exact) mass is 404 g/mol. The average molecular weight is 405 g/mol. The van der Waals surface area contributed by atoms with Crippen molar-refractivity contribution >= 4 is 23.6 Å². The minimum atomic E-state index is -4.82. The molecule has 2 N–H and O–H groups in total. The zero-order valence-corrected chi connectivity index (χ0v) is 14.9. The van der Waals surface area contributed by atoms with E-state index in [1.54, 1.807) is 6.92 Å². The van der Waals surface area contributed by atoms with Gasteiger partial charge in [0.05, 0.1) is 24.1 Å². The lowest BCUT2D eigenvalue weighted by Crippen LogP contribution is -2.35. The number of hydrogen-bond acceptors (Lipinski definition) is 4. The highest BCUT2D eigenvalue weighted by atomic mass is 35.5. The third-order valence-electron chi connectivity index (χ3n) is 3.29. The van der Waals surface area contributed by atoms with E-state index in [2.05, 4.69) is 20.5 Å². The molecule has 0 radical (unpaired) electrons. The van der Waals surface area contributed by atoms with Crippen LogP contribution in [0.1, 0.15) is 23.0 Å². The van der Waals surface area contributed by atoms with Gasteiger partial charge in [0, 0.05) is 18.1 Å². The van der Waals surface area contributed by atoms with Crippen LogP contribution in [0.3, 0.4) is 0 Å². The average Bonchev–Trinajstić information content (AvgIpc) is 3.04. The van der Waals surface area contributed by atoms with E-state index in [4.69, 9.17) is 11.6 Å². The van der Waals surface area contributed by atoms with Crippen molar-refractivity contribution in [3.63, 3.8) is 0 Å². The zero-order chi connectivity index (χ0) is 20.0. The number of halogens is 4. The van der Waals surface area contributed by atoms with E-state index in [1.807, 2.05) is 0 Å². The molecule has 1 heterocycles. The maximum atomic E-state index is 13.5. The van der Waals surface area contributed by atoms with Gasteiger partial charge in [0.2, 0.25) is 0 Å². The molecule has 11 heteroatoms. The Balaban J connectivity index is 2.17. The Morgan fingerprint density at radius 3 is 2.59 bits per heavy atom. The van der Waals surface area contributed by atoms with Gasteiger partial charge in [-0.3, -0.25) is 4.79 Å². The number of benzene rings is 1. The van der Waals surface area contributed by atoms with Crippen molar-refractivity contribution in [1.29, 1.82) is 0 Å². The predicted molar refractivity (Wildman–Crippen MR) is 90.9 cm³/mol. The van der Waals surface area contributed by atoms with E-state index < -0.39 is 29.4 Å². The number of hydrogen-bond donors (Lipinski definition) is 2. The van der Waals surface area contributed by atoms with Gasteiger partial charge in [0.1, 0.15) is 0 Å². The number of amides is 2. The zero-order valence-electron chi connectivity index (χ0n) is 14.1. The van der Waals surface area contributed by atoms with Crippen LogP contribution in [0.2, 0.25) is 5.02 Å². The molecular weight excluding hydrogens is 389 g/mol. The van der Waals surface area contributed by atoms with Gasteiger partial charge in [-0.1, -0.05) is 17.7 Å². The lowest BCUT2D eigenvalue weighted by molar-refractivity contribution is -0.143. The molecule has 0 aliphatic carbocycles. The van der Waals surface area contributed by atoms with Crippen LogP contribution < -0.4 is 10.6 Å². The molecule has 1 aromatic heterocycles. The van der Waals surface area contributed by atoms with E-state index in [-0.39, 0.29) is 30.4 Å². The van der Waals surface area contributed by atoms with Crippen LogP contribution in [-0.2, 0) is 10.9 Å². The third kappa shape index (κ3) is 5.36. The number of ether oxygens (including phenoxy) is 1. The van der Waals surface area contributed by atoms with E-state index >= 15 is 0 Å². The molecule has 2 aromatic rings. The SMILES string of the molecule is CCOC(=O)NCCNC(=O)c1cnn(-c2cccc(Cl)c2)c1C(F)(F)F. The topological polar surface area (TPSA) is 85.2 Å². The molecule has 146 valence electrons. The predicted octanol–water partition coefficient (Wildman–Crippen LogP) is 3.02. The first-order valence-electron chi connectivity index (χ1n) is 7.84. The number of nitrogens with one attached hydrogen (secondary N) is 2. The standard InChI is InChI=1S/C16H16ClF3N4O3/c1-2-27-15(26)22-7-6-21-14(25)12-9-23-24(13(12)16(18,19)20)11-5-3-4-10(17)8-11/h3-5,8-9H,2,6-7H2,1H3,(H,21,25)(H,22,26). The lowest BCUT2D eigenvalue weighted by Gasteiger charge is -2.13. The second-order valence-electron chi connectivity index (χ2n) is 5.20. The molecule has 0 spiro atoms. The Morgan fingerprint density at radius 2 is 1.96 bits per heavy atom. The summed E-state index contributed by atoms with van der Waals surface area (Å²) in [5, 5.41) is 8.55. The number of rotatable bonds is 6. The van der Waals surface area contributed by atoms with Crippen molar-refractivity contribution in [3.8, 4) is 5.69 Å². The summed E-state index contributed by atoms with van der Waals surface area (Å²) in [4.78, 5) is 23.3. The van der Waals surface area contributed by atoms with Gasteiger partial charge in [-0.25, -0.2) is 9.48 Å². The highest BCUT2D eigenvalue weighted by Gasteiger charge is 2.40. The van der Waals surface area contributed by atoms with Gasteiger partial charge >= 0.3 is 12.3 Å². The normalized spacial score (nSPS) is 11.1. The molecule has 0 saturated heterocycles. The number of carbonyl (C=O) groups excluding carboxylic acids is 2. The Hall–Kier alpha value is -2.75. The van der Waals surface area contributed by atoms with Crippen molar-refractivity contribution in [1.82, 2.24) is 20.4 Å². The highest BCUT2D eigenvalue weighted by Crippen LogP contribution is 2.34. The molecule has 7 nitrogen and oxygen atoms in total. The fraction of sp³-hybridized carbons (Fsp3) is 0.312. The quantitative estimate of drug-likeness (QED) is 0.725. The molecule has 2 rings (SSSR count). The minimum Gasteiger partial charge on any atom is -0.450 e. The van der Waals surface area contributed by atoms with Gasteiger partial charge in [-0.05, 0) is 25.1 Å². The molecule has 0 saturated carbocycles. The van der Waals surface area contributed by atoms with Crippen LogP contribution in [0, 0.1) is 0 Å².